The summed E-state index contributed by atoms with van der Waals surface area (Å²) in [6.45, 7) is 5.98. The van der Waals surface area contributed by atoms with E-state index < -0.39 is 0 Å². The third-order valence-corrected chi connectivity index (χ3v) is 2.38. The lowest BCUT2D eigenvalue weighted by molar-refractivity contribution is -0.119. The molecule has 0 saturated heterocycles. The lowest BCUT2D eigenvalue weighted by Gasteiger charge is -2.09. The van der Waals surface area contributed by atoms with Crippen LogP contribution in [-0.4, -0.2) is 5.91 Å². The first-order valence-electron chi connectivity index (χ1n) is 5.01. The summed E-state index contributed by atoms with van der Waals surface area (Å²) in [4.78, 5) is 11.5. The van der Waals surface area contributed by atoms with E-state index in [2.05, 4.69) is 5.32 Å². The molecule has 14 heavy (non-hydrogen) atoms. The van der Waals surface area contributed by atoms with E-state index in [1.54, 1.807) is 0 Å². The molecular formula is C12H17NO. The van der Waals surface area contributed by atoms with Crippen LogP contribution in [-0.2, 0) is 4.79 Å². The van der Waals surface area contributed by atoms with Crippen LogP contribution in [0.4, 0.5) is 5.69 Å². The van der Waals surface area contributed by atoms with E-state index in [1.165, 1.54) is 5.56 Å². The number of nitrogens with one attached hydrogen (secondary N) is 1. The van der Waals surface area contributed by atoms with Gasteiger partial charge < -0.3 is 5.32 Å². The zero-order valence-electron chi connectivity index (χ0n) is 9.00. The van der Waals surface area contributed by atoms with Crippen LogP contribution in [0.1, 0.15) is 25.8 Å². The minimum Gasteiger partial charge on any atom is -0.326 e. The second-order valence-corrected chi connectivity index (χ2v) is 3.66. The summed E-state index contributed by atoms with van der Waals surface area (Å²) >= 11 is 0. The molecule has 0 unspecified atom stereocenters. The molecule has 0 radical (unpaired) electrons. The Bertz CT molecular complexity index is 303. The fraction of sp³-hybridized carbons (Fsp3) is 0.417. The lowest BCUT2D eigenvalue weighted by Crippen LogP contribution is -2.19. The number of carbonyl (C=O) groups excluding carboxylic acids is 1. The van der Waals surface area contributed by atoms with Gasteiger partial charge in [-0.15, -0.1) is 0 Å². The van der Waals surface area contributed by atoms with E-state index in [1.807, 2.05) is 45.0 Å². The summed E-state index contributed by atoms with van der Waals surface area (Å²) in [6.07, 6.45) is 0.873. The van der Waals surface area contributed by atoms with Crippen LogP contribution < -0.4 is 5.32 Å². The SMILES string of the molecule is CC[C@H](C)C(=O)Nc1ccc(C)cc1. The number of carbonyl (C=O) groups is 1. The summed E-state index contributed by atoms with van der Waals surface area (Å²) in [5.74, 6) is 0.174. The Morgan fingerprint density at radius 3 is 2.43 bits per heavy atom. The second kappa shape index (κ2) is 4.80. The zero-order chi connectivity index (χ0) is 10.6. The summed E-state index contributed by atoms with van der Waals surface area (Å²) < 4.78 is 0. The van der Waals surface area contributed by atoms with Crippen molar-refractivity contribution >= 4 is 11.6 Å². The first kappa shape index (κ1) is 10.8. The van der Waals surface area contributed by atoms with Gasteiger partial charge in [0.15, 0.2) is 0 Å². The van der Waals surface area contributed by atoms with E-state index in [-0.39, 0.29) is 11.8 Å². The van der Waals surface area contributed by atoms with Gasteiger partial charge in [0.1, 0.15) is 0 Å². The number of amides is 1. The second-order valence-electron chi connectivity index (χ2n) is 3.66. The smallest absolute Gasteiger partial charge is 0.227 e. The summed E-state index contributed by atoms with van der Waals surface area (Å²) in [5.41, 5.74) is 2.08. The van der Waals surface area contributed by atoms with Crippen molar-refractivity contribution in [1.82, 2.24) is 0 Å². The van der Waals surface area contributed by atoms with Crippen LogP contribution in [0.2, 0.25) is 0 Å². The molecule has 0 bridgehead atoms. The summed E-state index contributed by atoms with van der Waals surface area (Å²) in [6, 6.07) is 7.84. The van der Waals surface area contributed by atoms with Crippen molar-refractivity contribution in [2.75, 3.05) is 5.32 Å². The predicted molar refractivity (Wildman–Crippen MR) is 59.3 cm³/mol. The van der Waals surface area contributed by atoms with E-state index in [0.717, 1.165) is 12.1 Å². The number of benzene rings is 1. The number of anilines is 1. The molecule has 0 heterocycles. The van der Waals surface area contributed by atoms with Crippen LogP contribution in [0.15, 0.2) is 24.3 Å². The van der Waals surface area contributed by atoms with Gasteiger partial charge in [-0.3, -0.25) is 4.79 Å². The molecule has 0 aliphatic carbocycles. The maximum absolute atomic E-state index is 11.5. The molecule has 0 spiro atoms. The van der Waals surface area contributed by atoms with Crippen molar-refractivity contribution in [3.05, 3.63) is 29.8 Å². The van der Waals surface area contributed by atoms with Gasteiger partial charge in [0, 0.05) is 11.6 Å². The third kappa shape index (κ3) is 2.87. The molecule has 0 aliphatic heterocycles. The molecule has 2 nitrogen and oxygen atoms in total. The maximum Gasteiger partial charge on any atom is 0.227 e. The van der Waals surface area contributed by atoms with Crippen molar-refractivity contribution in [2.45, 2.75) is 27.2 Å². The highest BCUT2D eigenvalue weighted by atomic mass is 16.1. The monoisotopic (exact) mass is 191 g/mol. The summed E-state index contributed by atoms with van der Waals surface area (Å²) in [5, 5.41) is 2.88. The fourth-order valence-corrected chi connectivity index (χ4v) is 1.09. The van der Waals surface area contributed by atoms with Gasteiger partial charge in [-0.1, -0.05) is 31.5 Å². The number of hydrogen-bond acceptors (Lipinski definition) is 1. The van der Waals surface area contributed by atoms with Gasteiger partial charge in [-0.25, -0.2) is 0 Å². The van der Waals surface area contributed by atoms with Gasteiger partial charge in [-0.05, 0) is 25.5 Å². The molecule has 76 valence electrons. The largest absolute Gasteiger partial charge is 0.326 e. The minimum absolute atomic E-state index is 0.0799. The Morgan fingerprint density at radius 2 is 1.93 bits per heavy atom. The Labute approximate surface area is 85.3 Å². The Balaban J connectivity index is 2.60. The molecule has 1 rings (SSSR count). The molecule has 0 fully saturated rings. The Morgan fingerprint density at radius 1 is 1.36 bits per heavy atom. The van der Waals surface area contributed by atoms with Crippen LogP contribution in [0.3, 0.4) is 0 Å². The van der Waals surface area contributed by atoms with Crippen molar-refractivity contribution in [3.63, 3.8) is 0 Å². The van der Waals surface area contributed by atoms with Crippen molar-refractivity contribution < 1.29 is 4.79 Å². The molecule has 1 N–H and O–H groups in total. The highest BCUT2D eigenvalue weighted by Crippen LogP contribution is 2.11. The quantitative estimate of drug-likeness (QED) is 0.781. The normalized spacial score (nSPS) is 12.2. The van der Waals surface area contributed by atoms with Crippen molar-refractivity contribution in [2.24, 2.45) is 5.92 Å². The van der Waals surface area contributed by atoms with Gasteiger partial charge in [-0.2, -0.15) is 0 Å². The Kier molecular flexibility index (Phi) is 3.69. The third-order valence-electron chi connectivity index (χ3n) is 2.38. The average Bonchev–Trinajstić information content (AvgIpc) is 2.20. The van der Waals surface area contributed by atoms with E-state index >= 15 is 0 Å². The van der Waals surface area contributed by atoms with Gasteiger partial charge in [0.25, 0.3) is 0 Å². The summed E-state index contributed by atoms with van der Waals surface area (Å²) in [7, 11) is 0. The molecule has 1 aromatic carbocycles. The topological polar surface area (TPSA) is 29.1 Å². The van der Waals surface area contributed by atoms with Crippen LogP contribution >= 0.6 is 0 Å². The van der Waals surface area contributed by atoms with Crippen molar-refractivity contribution in [3.8, 4) is 0 Å². The molecular weight excluding hydrogens is 174 g/mol. The molecule has 0 saturated carbocycles. The number of aryl methyl sites for hydroxylation is 1. The molecule has 1 aromatic rings. The predicted octanol–water partition coefficient (Wildman–Crippen LogP) is 2.98. The molecule has 0 aliphatic rings. The first-order valence-corrected chi connectivity index (χ1v) is 5.01. The van der Waals surface area contributed by atoms with E-state index in [0.29, 0.717) is 0 Å². The molecule has 1 amide bonds. The van der Waals surface area contributed by atoms with Crippen LogP contribution in [0.5, 0.6) is 0 Å². The van der Waals surface area contributed by atoms with Crippen LogP contribution in [0.25, 0.3) is 0 Å². The Hall–Kier alpha value is -1.31. The van der Waals surface area contributed by atoms with Crippen LogP contribution in [0, 0.1) is 12.8 Å². The van der Waals surface area contributed by atoms with Gasteiger partial charge in [0.2, 0.25) is 5.91 Å². The number of rotatable bonds is 3. The van der Waals surface area contributed by atoms with E-state index in [9.17, 15) is 4.79 Å². The number of hydrogen-bond donors (Lipinski definition) is 1. The molecule has 0 aromatic heterocycles. The minimum atomic E-state index is 0.0799. The standard InChI is InChI=1S/C12H17NO/c1-4-10(3)12(14)13-11-7-5-9(2)6-8-11/h5-8,10H,4H2,1-3H3,(H,13,14)/t10-/m0/s1. The maximum atomic E-state index is 11.5. The van der Waals surface area contributed by atoms with Gasteiger partial charge in [0.05, 0.1) is 0 Å². The average molecular weight is 191 g/mol. The van der Waals surface area contributed by atoms with Crippen molar-refractivity contribution in [1.29, 1.82) is 0 Å². The van der Waals surface area contributed by atoms with Gasteiger partial charge >= 0.3 is 0 Å². The first-order chi connectivity index (χ1) is 6.63. The van der Waals surface area contributed by atoms with E-state index in [4.69, 9.17) is 0 Å². The zero-order valence-corrected chi connectivity index (χ0v) is 9.00. The highest BCUT2D eigenvalue weighted by Gasteiger charge is 2.09. The highest BCUT2D eigenvalue weighted by molar-refractivity contribution is 5.92. The molecule has 2 heteroatoms. The fourth-order valence-electron chi connectivity index (χ4n) is 1.09. The molecule has 1 atom stereocenters. The lowest BCUT2D eigenvalue weighted by atomic mass is 10.1.